The molecule has 2 aromatic heterocycles. The van der Waals surface area contributed by atoms with Crippen molar-refractivity contribution in [3.8, 4) is 5.75 Å². The first kappa shape index (κ1) is 19.9. The Balaban J connectivity index is 2.09. The van der Waals surface area contributed by atoms with Gasteiger partial charge in [0.15, 0.2) is 0 Å². The van der Waals surface area contributed by atoms with Crippen LogP contribution in [0.5, 0.6) is 5.75 Å². The number of hydrogen-bond acceptors (Lipinski definition) is 5. The number of rotatable bonds is 5. The van der Waals surface area contributed by atoms with Gasteiger partial charge in [0.1, 0.15) is 11.4 Å². The monoisotopic (exact) mass is 404 g/mol. The Morgan fingerprint density at radius 2 is 1.96 bits per heavy atom. The lowest BCUT2D eigenvalue weighted by atomic mass is 10.1. The molecule has 0 bridgehead atoms. The third-order valence-electron chi connectivity index (χ3n) is 4.89. The van der Waals surface area contributed by atoms with Gasteiger partial charge >= 0.3 is 0 Å². The lowest BCUT2D eigenvalue weighted by Gasteiger charge is -2.21. The number of benzene rings is 1. The number of aromatic amines is 1. The molecule has 0 unspecified atom stereocenters. The number of methoxy groups -OCH3 is 1. The van der Waals surface area contributed by atoms with Gasteiger partial charge in [0.05, 0.1) is 31.2 Å². The summed E-state index contributed by atoms with van der Waals surface area (Å²) >= 11 is 0. The average Bonchev–Trinajstić information content (AvgIpc) is 3.04. The van der Waals surface area contributed by atoms with E-state index in [9.17, 15) is 13.2 Å². The van der Waals surface area contributed by atoms with Crippen molar-refractivity contribution in [1.82, 2.24) is 14.8 Å². The molecule has 28 heavy (non-hydrogen) atoms. The van der Waals surface area contributed by atoms with Crippen LogP contribution in [0.25, 0.3) is 10.9 Å². The molecule has 0 spiro atoms. The molecule has 9 heteroatoms. The molecule has 0 atom stereocenters. The minimum absolute atomic E-state index is 0.0696. The van der Waals surface area contributed by atoms with Gasteiger partial charge in [-0.3, -0.25) is 9.48 Å². The highest BCUT2D eigenvalue weighted by atomic mass is 32.2. The smallest absolute Gasteiger partial charge is 0.245 e. The van der Waals surface area contributed by atoms with Gasteiger partial charge in [0.25, 0.3) is 0 Å². The minimum atomic E-state index is -3.84. The SMILES string of the molecule is COc1ccc2[nH]c(C)c(CC(=O)N(c3c(C)nn(C)c3C)S(C)(=O)=O)c2c1. The van der Waals surface area contributed by atoms with Crippen molar-refractivity contribution in [2.45, 2.75) is 27.2 Å². The Kier molecular flexibility index (Phi) is 4.97. The first-order valence-electron chi connectivity index (χ1n) is 8.73. The van der Waals surface area contributed by atoms with Crippen LogP contribution in [0.3, 0.4) is 0 Å². The number of fused-ring (bicyclic) bond motifs is 1. The van der Waals surface area contributed by atoms with E-state index in [1.807, 2.05) is 25.1 Å². The first-order chi connectivity index (χ1) is 13.0. The summed E-state index contributed by atoms with van der Waals surface area (Å²) in [6.45, 7) is 5.29. The third-order valence-corrected chi connectivity index (χ3v) is 5.94. The fourth-order valence-electron chi connectivity index (χ4n) is 3.47. The molecule has 0 fully saturated rings. The van der Waals surface area contributed by atoms with Crippen LogP contribution in [0, 0.1) is 20.8 Å². The Hall–Kier alpha value is -2.81. The van der Waals surface area contributed by atoms with E-state index in [1.54, 1.807) is 32.7 Å². The number of nitrogens with zero attached hydrogens (tertiary/aromatic N) is 3. The van der Waals surface area contributed by atoms with Gasteiger partial charge in [0.2, 0.25) is 15.9 Å². The van der Waals surface area contributed by atoms with Gasteiger partial charge < -0.3 is 9.72 Å². The molecule has 3 rings (SSSR count). The van der Waals surface area contributed by atoms with Gasteiger partial charge in [-0.1, -0.05) is 0 Å². The molecule has 2 heterocycles. The Bertz CT molecular complexity index is 1170. The molecule has 1 amide bonds. The maximum Gasteiger partial charge on any atom is 0.245 e. The summed E-state index contributed by atoms with van der Waals surface area (Å²) in [4.78, 5) is 16.4. The van der Waals surface area contributed by atoms with E-state index in [0.717, 1.165) is 32.7 Å². The molecule has 1 N–H and O–H groups in total. The maximum atomic E-state index is 13.2. The van der Waals surface area contributed by atoms with E-state index in [1.165, 1.54) is 0 Å². The van der Waals surface area contributed by atoms with Crippen molar-refractivity contribution in [2.75, 3.05) is 17.7 Å². The van der Waals surface area contributed by atoms with Crippen LogP contribution >= 0.6 is 0 Å². The van der Waals surface area contributed by atoms with Crippen molar-refractivity contribution in [1.29, 1.82) is 0 Å². The van der Waals surface area contributed by atoms with E-state index in [0.29, 0.717) is 22.8 Å². The molecule has 3 aromatic rings. The van der Waals surface area contributed by atoms with Crippen LogP contribution in [0.1, 0.15) is 22.6 Å². The van der Waals surface area contributed by atoms with Crippen molar-refractivity contribution in [3.63, 3.8) is 0 Å². The highest BCUT2D eigenvalue weighted by Gasteiger charge is 2.31. The topological polar surface area (TPSA) is 97.3 Å². The van der Waals surface area contributed by atoms with Gasteiger partial charge in [-0.25, -0.2) is 12.7 Å². The molecule has 0 radical (unpaired) electrons. The van der Waals surface area contributed by atoms with Crippen LogP contribution in [-0.2, 0) is 28.3 Å². The number of nitrogens with one attached hydrogen (secondary N) is 1. The summed E-state index contributed by atoms with van der Waals surface area (Å²) < 4.78 is 32.7. The number of anilines is 1. The van der Waals surface area contributed by atoms with E-state index in [-0.39, 0.29) is 6.42 Å². The van der Waals surface area contributed by atoms with Crippen molar-refractivity contribution in [2.24, 2.45) is 7.05 Å². The number of aryl methyl sites for hydroxylation is 3. The zero-order chi connectivity index (χ0) is 20.8. The Morgan fingerprint density at radius 3 is 2.50 bits per heavy atom. The summed E-state index contributed by atoms with van der Waals surface area (Å²) in [6, 6.07) is 5.54. The standard InChI is InChI=1S/C19H24N4O4S/c1-11-15(16-9-14(27-5)7-8-17(16)20-11)10-18(24)23(28(6,25)26)19-12(2)21-22(4)13(19)3/h7-9,20H,10H2,1-6H3. The van der Waals surface area contributed by atoms with Gasteiger partial charge in [0, 0.05) is 23.6 Å². The highest BCUT2D eigenvalue weighted by Crippen LogP contribution is 2.30. The third kappa shape index (κ3) is 3.37. The van der Waals surface area contributed by atoms with Crippen molar-refractivity contribution < 1.29 is 17.9 Å². The normalized spacial score (nSPS) is 11.8. The van der Waals surface area contributed by atoms with Crippen LogP contribution < -0.4 is 9.04 Å². The predicted octanol–water partition coefficient (Wildman–Crippen LogP) is 2.37. The molecule has 0 saturated heterocycles. The lowest BCUT2D eigenvalue weighted by molar-refractivity contribution is -0.116. The number of amides is 1. The number of aromatic nitrogens is 3. The Morgan fingerprint density at radius 1 is 1.29 bits per heavy atom. The zero-order valence-electron chi connectivity index (χ0n) is 16.8. The fourth-order valence-corrected chi connectivity index (χ4v) is 4.50. The number of sulfonamides is 1. The summed E-state index contributed by atoms with van der Waals surface area (Å²) in [6.07, 6.45) is 0.960. The number of carbonyl (C=O) groups is 1. The number of H-pyrrole nitrogens is 1. The predicted molar refractivity (Wildman–Crippen MR) is 108 cm³/mol. The Labute approximate surface area is 164 Å². The molecule has 8 nitrogen and oxygen atoms in total. The summed E-state index contributed by atoms with van der Waals surface area (Å²) in [5, 5.41) is 5.08. The molecule has 1 aromatic carbocycles. The van der Waals surface area contributed by atoms with Gasteiger partial charge in [-0.05, 0) is 44.5 Å². The highest BCUT2D eigenvalue weighted by molar-refractivity contribution is 7.92. The zero-order valence-corrected chi connectivity index (χ0v) is 17.6. The second-order valence-electron chi connectivity index (χ2n) is 6.88. The molecular weight excluding hydrogens is 380 g/mol. The second kappa shape index (κ2) is 6.97. The summed E-state index contributed by atoms with van der Waals surface area (Å²) in [5.74, 6) is 0.132. The van der Waals surface area contributed by atoms with Crippen molar-refractivity contribution in [3.05, 3.63) is 40.8 Å². The quantitative estimate of drug-likeness (QED) is 0.704. The van der Waals surface area contributed by atoms with Crippen LogP contribution in [0.15, 0.2) is 18.2 Å². The maximum absolute atomic E-state index is 13.2. The summed E-state index contributed by atoms with van der Waals surface area (Å²) in [5.41, 5.74) is 3.81. The van der Waals surface area contributed by atoms with Gasteiger partial charge in [-0.15, -0.1) is 0 Å². The van der Waals surface area contributed by atoms with Crippen LogP contribution in [0.4, 0.5) is 5.69 Å². The van der Waals surface area contributed by atoms with Crippen LogP contribution in [-0.4, -0.2) is 42.5 Å². The number of hydrogen-bond donors (Lipinski definition) is 1. The lowest BCUT2D eigenvalue weighted by Crippen LogP contribution is -2.38. The summed E-state index contributed by atoms with van der Waals surface area (Å²) in [7, 11) is -0.546. The largest absolute Gasteiger partial charge is 0.497 e. The van der Waals surface area contributed by atoms with E-state index in [2.05, 4.69) is 10.1 Å². The average molecular weight is 404 g/mol. The van der Waals surface area contributed by atoms with E-state index in [4.69, 9.17) is 4.74 Å². The fraction of sp³-hybridized carbons (Fsp3) is 0.368. The molecule has 0 saturated carbocycles. The molecule has 0 aliphatic heterocycles. The molecular formula is C19H24N4O4S. The molecule has 150 valence electrons. The minimum Gasteiger partial charge on any atom is -0.497 e. The van der Waals surface area contributed by atoms with Crippen LogP contribution in [0.2, 0.25) is 0 Å². The van der Waals surface area contributed by atoms with Crippen molar-refractivity contribution >= 4 is 32.5 Å². The molecule has 0 aliphatic carbocycles. The molecule has 0 aliphatic rings. The second-order valence-corrected chi connectivity index (χ2v) is 8.71. The number of carbonyl (C=O) groups excluding carboxylic acids is 1. The van der Waals surface area contributed by atoms with E-state index >= 15 is 0 Å². The van der Waals surface area contributed by atoms with E-state index < -0.39 is 15.9 Å². The number of ether oxygens (including phenoxy) is 1. The van der Waals surface area contributed by atoms with Gasteiger partial charge in [-0.2, -0.15) is 5.10 Å². The first-order valence-corrected chi connectivity index (χ1v) is 10.6.